The van der Waals surface area contributed by atoms with E-state index in [9.17, 15) is 19.5 Å². The van der Waals surface area contributed by atoms with Gasteiger partial charge in [0.15, 0.2) is 6.61 Å². The van der Waals surface area contributed by atoms with Crippen molar-refractivity contribution in [1.82, 2.24) is 10.2 Å². The van der Waals surface area contributed by atoms with E-state index in [0.29, 0.717) is 11.4 Å². The first-order chi connectivity index (χ1) is 15.0. The van der Waals surface area contributed by atoms with Crippen molar-refractivity contribution in [3.63, 3.8) is 0 Å². The van der Waals surface area contributed by atoms with Crippen molar-refractivity contribution in [2.75, 3.05) is 31.2 Å². The van der Waals surface area contributed by atoms with E-state index in [4.69, 9.17) is 4.74 Å². The first-order valence-electron chi connectivity index (χ1n) is 11.2. The summed E-state index contributed by atoms with van der Waals surface area (Å²) in [5, 5.41) is 12.5. The molecule has 2 fully saturated rings. The number of carbonyl (C=O) groups is 3. The highest BCUT2D eigenvalue weighted by Gasteiger charge is 2.35. The van der Waals surface area contributed by atoms with Crippen molar-refractivity contribution in [2.45, 2.75) is 57.5 Å². The zero-order valence-corrected chi connectivity index (χ0v) is 18.0. The molecule has 4 rings (SSSR count). The molecule has 1 aliphatic carbocycles. The number of nitrogens with zero attached hydrogens (tertiary/aromatic N) is 2. The van der Waals surface area contributed by atoms with Crippen LogP contribution in [0.4, 0.5) is 5.69 Å². The third-order valence-corrected chi connectivity index (χ3v) is 6.67. The monoisotopic (exact) mass is 429 g/mol. The zero-order chi connectivity index (χ0) is 22.0. The zero-order valence-electron chi connectivity index (χ0n) is 18.0. The number of carbonyl (C=O) groups excluding carboxylic acids is 3. The van der Waals surface area contributed by atoms with Crippen LogP contribution in [-0.2, 0) is 14.4 Å². The molecule has 0 unspecified atom stereocenters. The van der Waals surface area contributed by atoms with E-state index in [0.717, 1.165) is 50.6 Å². The van der Waals surface area contributed by atoms with Gasteiger partial charge in [-0.3, -0.25) is 19.3 Å². The Bertz CT molecular complexity index is 850. The van der Waals surface area contributed by atoms with E-state index >= 15 is 0 Å². The number of aliphatic hydroxyl groups excluding tert-OH is 1. The number of hydrogen-bond donors (Lipinski definition) is 2. The minimum atomic E-state index is -0.230. The minimum Gasteiger partial charge on any atom is -0.482 e. The van der Waals surface area contributed by atoms with Crippen LogP contribution < -0.4 is 15.0 Å². The van der Waals surface area contributed by atoms with Crippen molar-refractivity contribution in [2.24, 2.45) is 5.92 Å². The Morgan fingerprint density at radius 3 is 2.71 bits per heavy atom. The Morgan fingerprint density at radius 1 is 1.19 bits per heavy atom. The van der Waals surface area contributed by atoms with Crippen LogP contribution in [0.2, 0.25) is 0 Å². The molecule has 8 nitrogen and oxygen atoms in total. The van der Waals surface area contributed by atoms with Crippen molar-refractivity contribution >= 4 is 23.4 Å². The summed E-state index contributed by atoms with van der Waals surface area (Å²) < 4.78 is 5.47. The number of rotatable bonds is 5. The molecule has 168 valence electrons. The number of aryl methyl sites for hydroxylation is 1. The second-order valence-electron chi connectivity index (χ2n) is 8.87. The van der Waals surface area contributed by atoms with Gasteiger partial charge in [0.25, 0.3) is 5.91 Å². The highest BCUT2D eigenvalue weighted by atomic mass is 16.5. The second-order valence-corrected chi connectivity index (χ2v) is 8.87. The molecule has 2 N–H and O–H groups in total. The molecular formula is C23H31N3O5. The molecule has 31 heavy (non-hydrogen) atoms. The maximum absolute atomic E-state index is 12.8. The molecule has 0 aromatic heterocycles. The molecular weight excluding hydrogens is 398 g/mol. The Hall–Kier alpha value is -2.61. The SMILES string of the molecule is Cc1ccc2c(c1)N(CC(=O)NC1CCC(C(=O)N3CCC[C@H]3CO)CC1)C(=O)CO2. The van der Waals surface area contributed by atoms with Crippen LogP contribution in [0.3, 0.4) is 0 Å². The quantitative estimate of drug-likeness (QED) is 0.737. The molecule has 1 aromatic carbocycles. The van der Waals surface area contributed by atoms with Gasteiger partial charge in [-0.2, -0.15) is 0 Å². The molecule has 1 saturated heterocycles. The Labute approximate surface area is 182 Å². The summed E-state index contributed by atoms with van der Waals surface area (Å²) >= 11 is 0. The average molecular weight is 430 g/mol. The largest absolute Gasteiger partial charge is 0.482 e. The van der Waals surface area contributed by atoms with Gasteiger partial charge < -0.3 is 20.1 Å². The van der Waals surface area contributed by atoms with E-state index < -0.39 is 0 Å². The lowest BCUT2D eigenvalue weighted by Crippen LogP contribution is -2.48. The van der Waals surface area contributed by atoms with Gasteiger partial charge in [-0.25, -0.2) is 0 Å². The van der Waals surface area contributed by atoms with Gasteiger partial charge in [0.05, 0.1) is 18.3 Å². The van der Waals surface area contributed by atoms with Gasteiger partial charge in [-0.1, -0.05) is 6.07 Å². The van der Waals surface area contributed by atoms with E-state index in [1.54, 1.807) is 0 Å². The second kappa shape index (κ2) is 9.26. The van der Waals surface area contributed by atoms with Crippen LogP contribution in [0.5, 0.6) is 5.75 Å². The molecule has 0 spiro atoms. The van der Waals surface area contributed by atoms with Gasteiger partial charge >= 0.3 is 0 Å². The number of fused-ring (bicyclic) bond motifs is 1. The summed E-state index contributed by atoms with van der Waals surface area (Å²) in [5.74, 6) is 0.298. The number of hydrogen-bond acceptors (Lipinski definition) is 5. The van der Waals surface area contributed by atoms with Gasteiger partial charge in [0.1, 0.15) is 12.3 Å². The van der Waals surface area contributed by atoms with E-state index in [-0.39, 0.29) is 55.5 Å². The van der Waals surface area contributed by atoms with Crippen LogP contribution in [0.15, 0.2) is 18.2 Å². The molecule has 1 saturated carbocycles. The number of amides is 3. The van der Waals surface area contributed by atoms with E-state index in [2.05, 4.69) is 5.32 Å². The molecule has 1 aromatic rings. The Kier molecular flexibility index (Phi) is 6.46. The minimum absolute atomic E-state index is 0.0110. The fourth-order valence-corrected chi connectivity index (χ4v) is 4.94. The van der Waals surface area contributed by atoms with E-state index in [1.807, 2.05) is 30.0 Å². The Morgan fingerprint density at radius 2 is 1.97 bits per heavy atom. The lowest BCUT2D eigenvalue weighted by Gasteiger charge is -2.33. The highest BCUT2D eigenvalue weighted by Crippen LogP contribution is 2.33. The maximum Gasteiger partial charge on any atom is 0.265 e. The third kappa shape index (κ3) is 4.69. The first kappa shape index (κ1) is 21.6. The molecule has 3 amide bonds. The van der Waals surface area contributed by atoms with Crippen molar-refractivity contribution in [3.05, 3.63) is 23.8 Å². The van der Waals surface area contributed by atoms with Crippen LogP contribution >= 0.6 is 0 Å². The van der Waals surface area contributed by atoms with Gasteiger partial charge in [-0.05, 0) is 63.1 Å². The number of anilines is 1. The summed E-state index contributed by atoms with van der Waals surface area (Å²) in [6.45, 7) is 2.59. The van der Waals surface area contributed by atoms with Crippen LogP contribution in [-0.4, -0.2) is 66.1 Å². The maximum atomic E-state index is 12.8. The van der Waals surface area contributed by atoms with Gasteiger partial charge in [0, 0.05) is 18.5 Å². The van der Waals surface area contributed by atoms with Crippen molar-refractivity contribution in [1.29, 1.82) is 0 Å². The fraction of sp³-hybridized carbons (Fsp3) is 0.609. The predicted octanol–water partition coefficient (Wildman–Crippen LogP) is 1.38. The molecule has 0 radical (unpaired) electrons. The summed E-state index contributed by atoms with van der Waals surface area (Å²) in [5.41, 5.74) is 1.62. The molecule has 3 aliphatic rings. The molecule has 2 heterocycles. The highest BCUT2D eigenvalue weighted by molar-refractivity contribution is 6.02. The topological polar surface area (TPSA) is 99.2 Å². The summed E-state index contributed by atoms with van der Waals surface area (Å²) in [4.78, 5) is 41.2. The van der Waals surface area contributed by atoms with E-state index in [1.165, 1.54) is 4.90 Å². The van der Waals surface area contributed by atoms with Crippen LogP contribution in [0.1, 0.15) is 44.1 Å². The molecule has 2 aliphatic heterocycles. The number of aliphatic hydroxyl groups is 1. The molecule has 0 bridgehead atoms. The summed E-state index contributed by atoms with van der Waals surface area (Å²) in [6.07, 6.45) is 4.77. The fourth-order valence-electron chi connectivity index (χ4n) is 4.94. The lowest BCUT2D eigenvalue weighted by molar-refractivity contribution is -0.138. The normalized spacial score (nSPS) is 25.7. The number of benzene rings is 1. The van der Waals surface area contributed by atoms with Crippen LogP contribution in [0.25, 0.3) is 0 Å². The lowest BCUT2D eigenvalue weighted by atomic mass is 9.85. The van der Waals surface area contributed by atoms with Crippen LogP contribution in [0, 0.1) is 12.8 Å². The smallest absolute Gasteiger partial charge is 0.265 e. The van der Waals surface area contributed by atoms with Gasteiger partial charge in [-0.15, -0.1) is 0 Å². The van der Waals surface area contributed by atoms with Gasteiger partial charge in [0.2, 0.25) is 11.8 Å². The van der Waals surface area contributed by atoms with Crippen molar-refractivity contribution < 1.29 is 24.2 Å². The average Bonchev–Trinajstić information content (AvgIpc) is 3.25. The third-order valence-electron chi connectivity index (χ3n) is 6.67. The van der Waals surface area contributed by atoms with Crippen molar-refractivity contribution in [3.8, 4) is 5.75 Å². The number of ether oxygens (including phenoxy) is 1. The summed E-state index contributed by atoms with van der Waals surface area (Å²) in [7, 11) is 0. The predicted molar refractivity (Wildman–Crippen MR) is 115 cm³/mol. The number of nitrogens with one attached hydrogen (secondary N) is 1. The molecule has 8 heteroatoms. The summed E-state index contributed by atoms with van der Waals surface area (Å²) in [6, 6.07) is 5.56. The number of likely N-dealkylation sites (tertiary alicyclic amines) is 1. The molecule has 1 atom stereocenters. The standard InChI is InChI=1S/C23H31N3O5/c1-15-4-9-20-19(11-15)26(22(29)14-31-20)12-21(28)24-17-7-5-16(6-8-17)23(30)25-10-2-3-18(25)13-27/h4,9,11,16-18,27H,2-3,5-8,10,12-14H2,1H3,(H,24,28)/t16?,17?,18-/m0/s1. The Balaban J connectivity index is 1.29. The first-order valence-corrected chi connectivity index (χ1v) is 11.2.